The maximum Gasteiger partial charge on any atom is 0.190 e. The van der Waals surface area contributed by atoms with Crippen LogP contribution in [-0.4, -0.2) is 17.4 Å². The molecule has 0 saturated carbocycles. The quantitative estimate of drug-likeness (QED) is 0.713. The molecule has 2 rings (SSSR count). The molecule has 58 valence electrons. The second kappa shape index (κ2) is 2.46. The molecule has 0 spiro atoms. The van der Waals surface area contributed by atoms with E-state index in [-0.39, 0.29) is 12.4 Å². The fourth-order valence-electron chi connectivity index (χ4n) is 1.15. The Bertz CT molecular complexity index is 305. The molecule has 0 aromatic carbocycles. The Balaban J connectivity index is 2.52. The van der Waals surface area contributed by atoms with Crippen molar-refractivity contribution >= 4 is 21.7 Å². The predicted molar refractivity (Wildman–Crippen MR) is 42.5 cm³/mol. The second-order valence-electron chi connectivity index (χ2n) is 2.43. The lowest BCUT2D eigenvalue weighted by molar-refractivity contribution is 0.0659. The number of Topliss-reactive ketones (excluding diaryl/α,β-unsaturated/α-hetero) is 1. The summed E-state index contributed by atoms with van der Waals surface area (Å²) in [6.45, 7) is 0.712. The van der Waals surface area contributed by atoms with Crippen LogP contribution in [0.25, 0.3) is 0 Å². The van der Waals surface area contributed by atoms with E-state index in [0.29, 0.717) is 6.61 Å². The molecule has 2 heterocycles. The van der Waals surface area contributed by atoms with Crippen molar-refractivity contribution in [1.82, 2.24) is 4.98 Å². The van der Waals surface area contributed by atoms with Crippen LogP contribution in [0.5, 0.6) is 0 Å². The number of hydrogen-bond donors (Lipinski definition) is 1. The van der Waals surface area contributed by atoms with Crippen molar-refractivity contribution in [3.05, 3.63) is 21.9 Å². The standard InChI is InChI=1S/C7H6BrNO2/c8-7-1-4-5(9-7)2-11-3-6(4)10/h1,9H,2-3H2. The van der Waals surface area contributed by atoms with Gasteiger partial charge in [0, 0.05) is 5.56 Å². The molecule has 1 aliphatic rings. The monoisotopic (exact) mass is 215 g/mol. The van der Waals surface area contributed by atoms with Crippen molar-refractivity contribution in [3.8, 4) is 0 Å². The van der Waals surface area contributed by atoms with Gasteiger partial charge >= 0.3 is 0 Å². The van der Waals surface area contributed by atoms with Crippen LogP contribution < -0.4 is 0 Å². The minimum absolute atomic E-state index is 0.0493. The van der Waals surface area contributed by atoms with Gasteiger partial charge in [0.2, 0.25) is 0 Å². The summed E-state index contributed by atoms with van der Waals surface area (Å²) in [7, 11) is 0. The first-order valence-electron chi connectivity index (χ1n) is 3.25. The predicted octanol–water partition coefficient (Wildman–Crippen LogP) is 1.49. The van der Waals surface area contributed by atoms with Crippen LogP contribution in [0, 0.1) is 0 Å². The van der Waals surface area contributed by atoms with Gasteiger partial charge in [-0.3, -0.25) is 4.79 Å². The summed E-state index contributed by atoms with van der Waals surface area (Å²) in [6.07, 6.45) is 0. The Morgan fingerprint density at radius 3 is 3.09 bits per heavy atom. The number of ether oxygens (including phenoxy) is 1. The molecular formula is C7H6BrNO2. The molecule has 1 aliphatic heterocycles. The van der Waals surface area contributed by atoms with Crippen molar-refractivity contribution in [1.29, 1.82) is 0 Å². The summed E-state index contributed by atoms with van der Waals surface area (Å²) in [5.74, 6) is 0.0493. The molecule has 0 amide bonds. The maximum absolute atomic E-state index is 11.1. The molecular weight excluding hydrogens is 210 g/mol. The minimum atomic E-state index is 0.0493. The number of hydrogen-bond acceptors (Lipinski definition) is 2. The van der Waals surface area contributed by atoms with E-state index in [1.54, 1.807) is 6.07 Å². The van der Waals surface area contributed by atoms with Crippen LogP contribution in [0.15, 0.2) is 10.7 Å². The molecule has 0 saturated heterocycles. The van der Waals surface area contributed by atoms with Crippen molar-refractivity contribution in [3.63, 3.8) is 0 Å². The third-order valence-electron chi connectivity index (χ3n) is 1.65. The Morgan fingerprint density at radius 2 is 2.36 bits per heavy atom. The Hall–Kier alpha value is -0.610. The fourth-order valence-corrected chi connectivity index (χ4v) is 1.62. The third kappa shape index (κ3) is 1.12. The van der Waals surface area contributed by atoms with Gasteiger partial charge in [-0.15, -0.1) is 0 Å². The van der Waals surface area contributed by atoms with Gasteiger partial charge in [0.1, 0.15) is 6.61 Å². The third-order valence-corrected chi connectivity index (χ3v) is 2.07. The van der Waals surface area contributed by atoms with Crippen LogP contribution in [0.3, 0.4) is 0 Å². The molecule has 0 unspecified atom stereocenters. The molecule has 0 radical (unpaired) electrons. The Morgan fingerprint density at radius 1 is 1.55 bits per heavy atom. The Labute approximate surface area is 71.9 Å². The fraction of sp³-hybridized carbons (Fsp3) is 0.286. The van der Waals surface area contributed by atoms with Crippen LogP contribution in [0.1, 0.15) is 16.1 Å². The zero-order valence-electron chi connectivity index (χ0n) is 5.69. The van der Waals surface area contributed by atoms with Gasteiger partial charge in [-0.05, 0) is 22.0 Å². The molecule has 0 aliphatic carbocycles. The molecule has 0 bridgehead atoms. The van der Waals surface area contributed by atoms with Gasteiger partial charge in [-0.2, -0.15) is 0 Å². The molecule has 0 fully saturated rings. The zero-order valence-corrected chi connectivity index (χ0v) is 7.27. The highest BCUT2D eigenvalue weighted by Crippen LogP contribution is 2.20. The first-order chi connectivity index (χ1) is 5.27. The average Bonchev–Trinajstić information content (AvgIpc) is 2.31. The lowest BCUT2D eigenvalue weighted by atomic mass is 10.1. The van der Waals surface area contributed by atoms with Gasteiger partial charge in [-0.1, -0.05) is 0 Å². The van der Waals surface area contributed by atoms with Crippen LogP contribution in [0.4, 0.5) is 0 Å². The van der Waals surface area contributed by atoms with E-state index in [0.717, 1.165) is 15.9 Å². The van der Waals surface area contributed by atoms with Crippen LogP contribution >= 0.6 is 15.9 Å². The van der Waals surface area contributed by atoms with Crippen molar-refractivity contribution in [2.45, 2.75) is 6.61 Å². The number of rotatable bonds is 0. The number of aromatic nitrogens is 1. The number of fused-ring (bicyclic) bond motifs is 1. The van der Waals surface area contributed by atoms with Gasteiger partial charge in [0.25, 0.3) is 0 Å². The summed E-state index contributed by atoms with van der Waals surface area (Å²) in [6, 6.07) is 1.79. The van der Waals surface area contributed by atoms with E-state index in [1.807, 2.05) is 0 Å². The number of H-pyrrole nitrogens is 1. The molecule has 1 aromatic rings. The second-order valence-corrected chi connectivity index (χ2v) is 3.28. The molecule has 0 atom stereocenters. The highest BCUT2D eigenvalue weighted by molar-refractivity contribution is 9.10. The number of halogens is 1. The smallest absolute Gasteiger partial charge is 0.190 e. The number of ketones is 1. The van der Waals surface area contributed by atoms with Crippen molar-refractivity contribution in [2.24, 2.45) is 0 Å². The topological polar surface area (TPSA) is 42.1 Å². The Kier molecular flexibility index (Phi) is 1.58. The van der Waals surface area contributed by atoms with Gasteiger partial charge in [0.05, 0.1) is 16.9 Å². The molecule has 4 heteroatoms. The SMILES string of the molecule is O=C1COCc2[nH]c(Br)cc21. The average molecular weight is 216 g/mol. The zero-order chi connectivity index (χ0) is 7.84. The van der Waals surface area contributed by atoms with Gasteiger partial charge in [0.15, 0.2) is 5.78 Å². The summed E-state index contributed by atoms with van der Waals surface area (Å²) in [5, 5.41) is 0. The molecule has 1 N–H and O–H groups in total. The largest absolute Gasteiger partial charge is 0.367 e. The highest BCUT2D eigenvalue weighted by atomic mass is 79.9. The number of aromatic amines is 1. The molecule has 11 heavy (non-hydrogen) atoms. The van der Waals surface area contributed by atoms with Crippen molar-refractivity contribution < 1.29 is 9.53 Å². The number of nitrogens with one attached hydrogen (secondary N) is 1. The molecule has 1 aromatic heterocycles. The lowest BCUT2D eigenvalue weighted by Crippen LogP contribution is -2.16. The van der Waals surface area contributed by atoms with Crippen LogP contribution in [0.2, 0.25) is 0 Å². The van der Waals surface area contributed by atoms with Gasteiger partial charge in [-0.25, -0.2) is 0 Å². The number of carbonyl (C=O) groups excluding carboxylic acids is 1. The van der Waals surface area contributed by atoms with E-state index in [2.05, 4.69) is 20.9 Å². The van der Waals surface area contributed by atoms with E-state index in [9.17, 15) is 4.79 Å². The summed E-state index contributed by atoms with van der Waals surface area (Å²) >= 11 is 3.26. The van der Waals surface area contributed by atoms with Crippen molar-refractivity contribution in [2.75, 3.05) is 6.61 Å². The number of carbonyl (C=O) groups is 1. The summed E-state index contributed by atoms with van der Waals surface area (Å²) < 4.78 is 5.85. The lowest BCUT2D eigenvalue weighted by Gasteiger charge is -2.09. The van der Waals surface area contributed by atoms with Crippen LogP contribution in [-0.2, 0) is 11.3 Å². The normalized spacial score (nSPS) is 16.6. The molecule has 3 nitrogen and oxygen atoms in total. The van der Waals surface area contributed by atoms with E-state index >= 15 is 0 Å². The van der Waals surface area contributed by atoms with E-state index in [1.165, 1.54) is 0 Å². The first-order valence-corrected chi connectivity index (χ1v) is 4.05. The van der Waals surface area contributed by atoms with E-state index < -0.39 is 0 Å². The van der Waals surface area contributed by atoms with Gasteiger partial charge < -0.3 is 9.72 Å². The summed E-state index contributed by atoms with van der Waals surface area (Å²) in [5.41, 5.74) is 1.62. The minimum Gasteiger partial charge on any atom is -0.367 e. The first kappa shape index (κ1) is 7.06. The van der Waals surface area contributed by atoms with E-state index in [4.69, 9.17) is 4.74 Å². The summed E-state index contributed by atoms with van der Waals surface area (Å²) in [4.78, 5) is 14.1. The maximum atomic E-state index is 11.1. The highest BCUT2D eigenvalue weighted by Gasteiger charge is 2.19.